The minimum Gasteiger partial charge on any atom is -0.492 e. The lowest BCUT2D eigenvalue weighted by molar-refractivity contribution is -0.0173. The second-order valence-corrected chi connectivity index (χ2v) is 13.8. The number of nitriles is 1. The molecule has 252 valence electrons. The predicted molar refractivity (Wildman–Crippen MR) is 181 cm³/mol. The number of likely N-dealkylation sites (tertiary alicyclic amines) is 1. The number of rotatable bonds is 10. The minimum atomic E-state index is -0.713. The molecule has 4 aromatic heterocycles. The number of fused-ring (bicyclic) bond motifs is 1. The molecule has 6 heterocycles. The summed E-state index contributed by atoms with van der Waals surface area (Å²) in [7, 11) is 0. The van der Waals surface area contributed by atoms with Crippen LogP contribution in [0, 0.1) is 17.2 Å². The van der Waals surface area contributed by atoms with Crippen molar-refractivity contribution in [1.29, 1.82) is 5.26 Å². The molecule has 0 bridgehead atoms. The summed E-state index contributed by atoms with van der Waals surface area (Å²) < 4.78 is 12.9. The Labute approximate surface area is 281 Å². The SMILES string of the molecule is CCOc1cc(-c2ccc(N3CCC(Cc4ccccn4)(NC(O)CC4CN(C(=O)OC(C)(C)C)C4)CC3)nc2)c2c(C#N)cnn2c1. The molecule has 2 aliphatic rings. The molecule has 2 saturated heterocycles. The number of carbonyl (C=O) groups is 1. The Kier molecular flexibility index (Phi) is 9.53. The second-order valence-electron chi connectivity index (χ2n) is 13.8. The Morgan fingerprint density at radius 1 is 1.17 bits per heavy atom. The quantitative estimate of drug-likeness (QED) is 0.229. The fourth-order valence-electron chi connectivity index (χ4n) is 6.68. The minimum absolute atomic E-state index is 0.206. The summed E-state index contributed by atoms with van der Waals surface area (Å²) >= 11 is 0. The number of amides is 1. The van der Waals surface area contributed by atoms with Crippen LogP contribution < -0.4 is 15.0 Å². The van der Waals surface area contributed by atoms with E-state index in [1.54, 1.807) is 28.0 Å². The third-order valence-electron chi connectivity index (χ3n) is 9.01. The Balaban J connectivity index is 1.13. The normalized spacial score (nSPS) is 17.1. The Morgan fingerprint density at radius 2 is 1.96 bits per heavy atom. The van der Waals surface area contributed by atoms with Crippen molar-refractivity contribution in [2.75, 3.05) is 37.7 Å². The average molecular weight is 653 g/mol. The number of ether oxygens (including phenoxy) is 2. The summed E-state index contributed by atoms with van der Waals surface area (Å²) in [5, 5.41) is 28.9. The molecule has 0 aromatic carbocycles. The molecule has 2 aliphatic heterocycles. The van der Waals surface area contributed by atoms with Crippen molar-refractivity contribution in [2.24, 2.45) is 5.92 Å². The summed E-state index contributed by atoms with van der Waals surface area (Å²) in [5.41, 5.74) is 3.01. The predicted octanol–water partition coefficient (Wildman–Crippen LogP) is 4.81. The van der Waals surface area contributed by atoms with Gasteiger partial charge in [-0.2, -0.15) is 10.4 Å². The molecule has 0 radical (unpaired) electrons. The number of aliphatic hydroxyl groups is 1. The van der Waals surface area contributed by atoms with Gasteiger partial charge in [-0.25, -0.2) is 14.3 Å². The maximum Gasteiger partial charge on any atom is 0.410 e. The molecule has 12 nitrogen and oxygen atoms in total. The van der Waals surface area contributed by atoms with Crippen LogP contribution in [-0.4, -0.2) is 85.8 Å². The fourth-order valence-corrected chi connectivity index (χ4v) is 6.68. The summed E-state index contributed by atoms with van der Waals surface area (Å²) in [6, 6.07) is 14.2. The largest absolute Gasteiger partial charge is 0.492 e. The van der Waals surface area contributed by atoms with E-state index in [1.807, 2.05) is 70.3 Å². The zero-order valence-electron chi connectivity index (χ0n) is 28.1. The van der Waals surface area contributed by atoms with Crippen molar-refractivity contribution >= 4 is 17.4 Å². The lowest BCUT2D eigenvalue weighted by Gasteiger charge is -2.45. The molecule has 48 heavy (non-hydrogen) atoms. The van der Waals surface area contributed by atoms with Gasteiger partial charge in [0.25, 0.3) is 0 Å². The van der Waals surface area contributed by atoms with Gasteiger partial charge >= 0.3 is 6.09 Å². The monoisotopic (exact) mass is 652 g/mol. The van der Waals surface area contributed by atoms with E-state index in [0.717, 1.165) is 54.1 Å². The number of aliphatic hydroxyl groups excluding tert-OH is 1. The molecule has 0 saturated carbocycles. The molecule has 1 amide bonds. The van der Waals surface area contributed by atoms with Crippen LogP contribution in [0.5, 0.6) is 5.75 Å². The van der Waals surface area contributed by atoms with Crippen molar-refractivity contribution in [3.05, 3.63) is 72.4 Å². The molecule has 2 N–H and O–H groups in total. The zero-order chi connectivity index (χ0) is 33.9. The van der Waals surface area contributed by atoms with Crippen molar-refractivity contribution in [2.45, 2.75) is 70.7 Å². The molecule has 2 fully saturated rings. The van der Waals surface area contributed by atoms with Gasteiger partial charge < -0.3 is 24.4 Å². The van der Waals surface area contributed by atoms with Gasteiger partial charge in [0.05, 0.1) is 30.1 Å². The van der Waals surface area contributed by atoms with Gasteiger partial charge in [-0.15, -0.1) is 0 Å². The van der Waals surface area contributed by atoms with Crippen LogP contribution in [0.1, 0.15) is 58.2 Å². The van der Waals surface area contributed by atoms with E-state index in [9.17, 15) is 15.2 Å². The number of nitrogens with zero attached hydrogens (tertiary/aromatic N) is 7. The average Bonchev–Trinajstić information content (AvgIpc) is 3.45. The summed E-state index contributed by atoms with van der Waals surface area (Å²) in [4.78, 5) is 25.8. The first-order valence-corrected chi connectivity index (χ1v) is 16.6. The highest BCUT2D eigenvalue weighted by molar-refractivity contribution is 5.85. The van der Waals surface area contributed by atoms with Crippen LogP contribution in [-0.2, 0) is 11.2 Å². The van der Waals surface area contributed by atoms with Crippen LogP contribution in [0.4, 0.5) is 10.6 Å². The van der Waals surface area contributed by atoms with Gasteiger partial charge in [0, 0.05) is 67.4 Å². The molecule has 1 unspecified atom stereocenters. The van der Waals surface area contributed by atoms with Gasteiger partial charge in [0.2, 0.25) is 0 Å². The van der Waals surface area contributed by atoms with E-state index in [4.69, 9.17) is 14.5 Å². The summed E-state index contributed by atoms with van der Waals surface area (Å²) in [6.07, 6.45) is 8.80. The lowest BCUT2D eigenvalue weighted by Crippen LogP contribution is -2.59. The van der Waals surface area contributed by atoms with E-state index in [-0.39, 0.29) is 17.6 Å². The summed E-state index contributed by atoms with van der Waals surface area (Å²) in [6.45, 7) is 10.7. The number of hydrogen-bond donors (Lipinski definition) is 2. The van der Waals surface area contributed by atoms with Crippen molar-refractivity contribution < 1.29 is 19.4 Å². The van der Waals surface area contributed by atoms with Crippen molar-refractivity contribution in [1.82, 2.24) is 29.8 Å². The maximum atomic E-state index is 12.4. The first-order valence-electron chi connectivity index (χ1n) is 16.6. The van der Waals surface area contributed by atoms with Gasteiger partial charge in [-0.3, -0.25) is 10.3 Å². The lowest BCUT2D eigenvalue weighted by atomic mass is 9.82. The Bertz CT molecular complexity index is 1750. The van der Waals surface area contributed by atoms with Gasteiger partial charge in [-0.05, 0) is 83.2 Å². The fraction of sp³-hybridized carbons (Fsp3) is 0.472. The second kappa shape index (κ2) is 13.8. The molecule has 1 atom stereocenters. The van der Waals surface area contributed by atoms with E-state index < -0.39 is 11.8 Å². The van der Waals surface area contributed by atoms with Crippen LogP contribution in [0.3, 0.4) is 0 Å². The van der Waals surface area contributed by atoms with Crippen LogP contribution in [0.25, 0.3) is 16.6 Å². The molecular weight excluding hydrogens is 608 g/mol. The van der Waals surface area contributed by atoms with Gasteiger partial charge in [0.1, 0.15) is 29.5 Å². The highest BCUT2D eigenvalue weighted by Gasteiger charge is 2.39. The van der Waals surface area contributed by atoms with E-state index in [1.165, 1.54) is 0 Å². The van der Waals surface area contributed by atoms with E-state index in [2.05, 4.69) is 26.4 Å². The maximum absolute atomic E-state index is 12.4. The standard InChI is InChI=1S/C36H44N8O4/c1-5-47-29-17-30(33-27(19-37)21-40-44(33)24-29)26-9-10-31(39-20-26)42-14-11-36(12-15-42,18-28-8-6-7-13-38-28)41-32(45)16-25-22-43(23-25)34(46)48-35(2,3)4/h6-10,13,17,20-21,24-25,32,41,45H,5,11-12,14-16,18,22-23H2,1-4H3. The number of pyridine rings is 3. The van der Waals surface area contributed by atoms with Gasteiger partial charge in [-0.1, -0.05) is 6.07 Å². The summed E-state index contributed by atoms with van der Waals surface area (Å²) in [5.74, 6) is 1.75. The smallest absolute Gasteiger partial charge is 0.410 e. The number of aromatic nitrogens is 4. The molecule has 12 heteroatoms. The Morgan fingerprint density at radius 3 is 2.60 bits per heavy atom. The van der Waals surface area contributed by atoms with Gasteiger partial charge in [0.15, 0.2) is 0 Å². The first-order chi connectivity index (χ1) is 23.0. The van der Waals surface area contributed by atoms with Crippen molar-refractivity contribution in [3.8, 4) is 22.9 Å². The number of anilines is 1. The zero-order valence-corrected chi connectivity index (χ0v) is 28.1. The highest BCUT2D eigenvalue weighted by Crippen LogP contribution is 2.34. The van der Waals surface area contributed by atoms with Crippen LogP contribution in [0.2, 0.25) is 0 Å². The highest BCUT2D eigenvalue weighted by atomic mass is 16.6. The molecule has 4 aromatic rings. The van der Waals surface area contributed by atoms with Crippen molar-refractivity contribution in [3.63, 3.8) is 0 Å². The number of piperidine rings is 1. The molecule has 0 aliphatic carbocycles. The third-order valence-corrected chi connectivity index (χ3v) is 9.01. The number of carbonyl (C=O) groups excluding carboxylic acids is 1. The number of hydrogen-bond acceptors (Lipinski definition) is 10. The Hall–Kier alpha value is -4.73. The van der Waals surface area contributed by atoms with E-state index in [0.29, 0.717) is 43.9 Å². The van der Waals surface area contributed by atoms with Crippen LogP contribution in [0.15, 0.2) is 61.2 Å². The molecule has 6 rings (SSSR count). The topological polar surface area (TPSA) is 141 Å². The number of nitrogens with one attached hydrogen (secondary N) is 1. The van der Waals surface area contributed by atoms with E-state index >= 15 is 0 Å². The molecule has 0 spiro atoms. The van der Waals surface area contributed by atoms with Crippen LogP contribution >= 0.6 is 0 Å². The molecular formula is C36H44N8O4. The first kappa shape index (κ1) is 33.2. The third kappa shape index (κ3) is 7.53.